The fraction of sp³-hybridized carbons (Fsp3) is 0.462. The predicted octanol–water partition coefficient (Wildman–Crippen LogP) is 1.87. The van der Waals surface area contributed by atoms with E-state index in [1.165, 1.54) is 0 Å². The highest BCUT2D eigenvalue weighted by atomic mass is 16.4. The third-order valence-corrected chi connectivity index (χ3v) is 3.14. The minimum absolute atomic E-state index is 0.414. The molecule has 0 radical (unpaired) electrons. The van der Waals surface area contributed by atoms with Crippen molar-refractivity contribution in [2.24, 2.45) is 0 Å². The molecular weight excluding hydrogens is 230 g/mol. The molecule has 0 aliphatic carbocycles. The van der Waals surface area contributed by atoms with Crippen LogP contribution in [-0.2, 0) is 4.79 Å². The summed E-state index contributed by atoms with van der Waals surface area (Å²) in [4.78, 5) is 17.1. The van der Waals surface area contributed by atoms with Crippen molar-refractivity contribution >= 4 is 11.7 Å². The zero-order chi connectivity index (χ0) is 14.1. The molecule has 0 saturated carbocycles. The first-order valence-corrected chi connectivity index (χ1v) is 5.57. The third-order valence-electron chi connectivity index (χ3n) is 3.14. The highest BCUT2D eigenvalue weighted by Crippen LogP contribution is 2.28. The van der Waals surface area contributed by atoms with E-state index in [1.807, 2.05) is 6.92 Å². The monoisotopic (exact) mass is 247 g/mol. The first-order valence-electron chi connectivity index (χ1n) is 5.57. The van der Waals surface area contributed by atoms with Crippen LogP contribution in [0.4, 0.5) is 5.69 Å². The number of aryl methyl sites for hydroxylation is 2. The highest BCUT2D eigenvalue weighted by Gasteiger charge is 2.33. The van der Waals surface area contributed by atoms with E-state index < -0.39 is 11.5 Å². The maximum absolute atomic E-state index is 11.3. The lowest BCUT2D eigenvalue weighted by atomic mass is 10.0. The molecule has 1 rings (SSSR count). The van der Waals surface area contributed by atoms with Crippen molar-refractivity contribution in [2.45, 2.75) is 33.2 Å². The lowest BCUT2D eigenvalue weighted by molar-refractivity contribution is -0.142. The van der Waals surface area contributed by atoms with Crippen LogP contribution in [-0.4, -0.2) is 28.6 Å². The van der Waals surface area contributed by atoms with Gasteiger partial charge in [0, 0.05) is 12.7 Å². The number of carboxylic acids is 1. The summed E-state index contributed by atoms with van der Waals surface area (Å²) in [6.45, 7) is 6.76. The van der Waals surface area contributed by atoms with E-state index in [4.69, 9.17) is 0 Å². The van der Waals surface area contributed by atoms with Gasteiger partial charge in [0.2, 0.25) is 0 Å². The Labute approximate surface area is 107 Å². The number of carbonyl (C=O) groups is 1. The molecule has 1 N–H and O–H groups in total. The number of aromatic nitrogens is 1. The van der Waals surface area contributed by atoms with Gasteiger partial charge in [-0.1, -0.05) is 0 Å². The molecule has 0 fully saturated rings. The van der Waals surface area contributed by atoms with E-state index in [9.17, 15) is 15.2 Å². The number of rotatable bonds is 3. The first kappa shape index (κ1) is 14.0. The Morgan fingerprint density at radius 1 is 1.50 bits per heavy atom. The second kappa shape index (κ2) is 4.65. The summed E-state index contributed by atoms with van der Waals surface area (Å²) in [5.41, 5.74) is 1.29. The van der Waals surface area contributed by atoms with Gasteiger partial charge in [-0.2, -0.15) is 5.26 Å². The SMILES string of the molecule is Cc1cc(N(C)C(C)(C)C(=O)O)c(C#N)c(C)n1. The molecule has 0 spiro atoms. The van der Waals surface area contributed by atoms with E-state index in [-0.39, 0.29) is 0 Å². The van der Waals surface area contributed by atoms with Crippen LogP contribution in [0.2, 0.25) is 0 Å². The molecular formula is C13H17N3O2. The lowest BCUT2D eigenvalue weighted by Gasteiger charge is -2.34. The fourth-order valence-corrected chi connectivity index (χ4v) is 1.66. The van der Waals surface area contributed by atoms with Crippen LogP contribution >= 0.6 is 0 Å². The second-order valence-electron chi connectivity index (χ2n) is 4.78. The van der Waals surface area contributed by atoms with Crippen molar-refractivity contribution in [1.29, 1.82) is 5.26 Å². The molecule has 0 saturated heterocycles. The minimum atomic E-state index is -1.09. The van der Waals surface area contributed by atoms with Gasteiger partial charge < -0.3 is 10.0 Å². The summed E-state index contributed by atoms with van der Waals surface area (Å²) in [6.07, 6.45) is 0. The smallest absolute Gasteiger partial charge is 0.328 e. The fourth-order valence-electron chi connectivity index (χ4n) is 1.66. The number of nitriles is 1. The Hall–Kier alpha value is -2.09. The topological polar surface area (TPSA) is 77.2 Å². The van der Waals surface area contributed by atoms with Gasteiger partial charge in [-0.05, 0) is 33.8 Å². The van der Waals surface area contributed by atoms with Crippen LogP contribution in [0, 0.1) is 25.2 Å². The van der Waals surface area contributed by atoms with E-state index in [1.54, 1.807) is 38.8 Å². The maximum atomic E-state index is 11.3. The third kappa shape index (κ3) is 2.28. The van der Waals surface area contributed by atoms with Crippen LogP contribution in [0.1, 0.15) is 30.8 Å². The zero-order valence-corrected chi connectivity index (χ0v) is 11.3. The summed E-state index contributed by atoms with van der Waals surface area (Å²) in [5, 5.41) is 18.4. The van der Waals surface area contributed by atoms with Crippen LogP contribution in [0.25, 0.3) is 0 Å². The number of carboxylic acid groups (broad SMARTS) is 1. The molecule has 0 unspecified atom stereocenters. The van der Waals surface area contributed by atoms with Crippen LogP contribution in [0.3, 0.4) is 0 Å². The van der Waals surface area contributed by atoms with Crippen molar-refractivity contribution in [1.82, 2.24) is 4.98 Å². The van der Waals surface area contributed by atoms with Crippen molar-refractivity contribution in [3.05, 3.63) is 23.0 Å². The van der Waals surface area contributed by atoms with Gasteiger partial charge in [0.1, 0.15) is 11.6 Å². The molecule has 96 valence electrons. The van der Waals surface area contributed by atoms with Gasteiger partial charge in [-0.25, -0.2) is 4.79 Å². The van der Waals surface area contributed by atoms with Crippen molar-refractivity contribution in [3.63, 3.8) is 0 Å². The highest BCUT2D eigenvalue weighted by molar-refractivity contribution is 5.83. The predicted molar refractivity (Wildman–Crippen MR) is 68.5 cm³/mol. The Balaban J connectivity index is 3.43. The number of anilines is 1. The molecule has 5 nitrogen and oxygen atoms in total. The number of nitrogens with zero attached hydrogens (tertiary/aromatic N) is 3. The molecule has 5 heteroatoms. The van der Waals surface area contributed by atoms with E-state index >= 15 is 0 Å². The normalized spacial score (nSPS) is 10.9. The standard InChI is InChI=1S/C13H17N3O2/c1-8-6-11(10(7-14)9(2)15-8)16(5)13(3,4)12(17)18/h6H,1-5H3,(H,17,18). The number of likely N-dealkylation sites (N-methyl/N-ethyl adjacent to an activating group) is 1. The summed E-state index contributed by atoms with van der Waals surface area (Å²) in [5.74, 6) is -0.944. The Morgan fingerprint density at radius 2 is 2.06 bits per heavy atom. The van der Waals surface area contributed by atoms with Crippen LogP contribution in [0.15, 0.2) is 6.07 Å². The summed E-state index contributed by atoms with van der Waals surface area (Å²) < 4.78 is 0. The Bertz CT molecular complexity index is 530. The molecule has 1 aromatic rings. The Kier molecular flexibility index (Phi) is 3.61. The van der Waals surface area contributed by atoms with Gasteiger partial charge >= 0.3 is 5.97 Å². The first-order chi connectivity index (χ1) is 8.21. The number of hydrogen-bond acceptors (Lipinski definition) is 4. The lowest BCUT2D eigenvalue weighted by Crippen LogP contribution is -2.48. The molecule has 1 heterocycles. The summed E-state index contributed by atoms with van der Waals surface area (Å²) >= 11 is 0. The van der Waals surface area contributed by atoms with Crippen LogP contribution < -0.4 is 4.90 Å². The van der Waals surface area contributed by atoms with Crippen molar-refractivity contribution in [3.8, 4) is 6.07 Å². The second-order valence-corrected chi connectivity index (χ2v) is 4.78. The van der Waals surface area contributed by atoms with E-state index in [0.29, 0.717) is 16.9 Å². The molecule has 0 aliphatic rings. The quantitative estimate of drug-likeness (QED) is 0.882. The average Bonchev–Trinajstić information content (AvgIpc) is 2.26. The van der Waals surface area contributed by atoms with Gasteiger partial charge in [0.05, 0.1) is 16.9 Å². The minimum Gasteiger partial charge on any atom is -0.480 e. The average molecular weight is 247 g/mol. The molecule has 18 heavy (non-hydrogen) atoms. The molecule has 0 aromatic carbocycles. The largest absolute Gasteiger partial charge is 0.480 e. The number of hydrogen-bond donors (Lipinski definition) is 1. The zero-order valence-electron chi connectivity index (χ0n) is 11.3. The van der Waals surface area contributed by atoms with Gasteiger partial charge in [0.25, 0.3) is 0 Å². The van der Waals surface area contributed by atoms with Gasteiger partial charge in [-0.3, -0.25) is 4.98 Å². The maximum Gasteiger partial charge on any atom is 0.328 e. The molecule has 0 bridgehead atoms. The van der Waals surface area contributed by atoms with E-state index in [0.717, 1.165) is 5.69 Å². The molecule has 1 aromatic heterocycles. The summed E-state index contributed by atoms with van der Waals surface area (Å²) in [7, 11) is 1.67. The Morgan fingerprint density at radius 3 is 2.50 bits per heavy atom. The molecule has 0 aliphatic heterocycles. The van der Waals surface area contributed by atoms with Gasteiger partial charge in [-0.15, -0.1) is 0 Å². The number of aliphatic carboxylic acids is 1. The van der Waals surface area contributed by atoms with Crippen molar-refractivity contribution in [2.75, 3.05) is 11.9 Å². The van der Waals surface area contributed by atoms with Gasteiger partial charge in [0.15, 0.2) is 0 Å². The summed E-state index contributed by atoms with van der Waals surface area (Å²) in [6, 6.07) is 3.82. The molecule has 0 amide bonds. The van der Waals surface area contributed by atoms with Crippen molar-refractivity contribution < 1.29 is 9.90 Å². The number of pyridine rings is 1. The van der Waals surface area contributed by atoms with Crippen LogP contribution in [0.5, 0.6) is 0 Å². The molecule has 0 atom stereocenters. The van der Waals surface area contributed by atoms with E-state index in [2.05, 4.69) is 11.1 Å².